The highest BCUT2D eigenvalue weighted by Crippen LogP contribution is 2.49. The van der Waals surface area contributed by atoms with Crippen molar-refractivity contribution in [2.75, 3.05) is 20.2 Å². The SMILES string of the molecule is C=C(C)C1=C(C)C(=C)/C(=C(\C(=C)OCC)N(C)CCC#N)CC1(C)C.CCCC. The number of rotatable bonds is 8. The van der Waals surface area contributed by atoms with E-state index < -0.39 is 0 Å². The molecule has 1 aliphatic carbocycles. The fraction of sp³-hybridized carbons (Fsp3) is 0.577. The molecule has 1 rings (SSSR count). The number of hydrogen-bond donors (Lipinski definition) is 0. The normalized spacial score (nSPS) is 17.0. The van der Waals surface area contributed by atoms with Crippen molar-refractivity contribution in [1.82, 2.24) is 4.90 Å². The number of nitriles is 1. The van der Waals surface area contributed by atoms with E-state index in [-0.39, 0.29) is 5.41 Å². The predicted octanol–water partition coefficient (Wildman–Crippen LogP) is 7.32. The van der Waals surface area contributed by atoms with Crippen molar-refractivity contribution < 1.29 is 4.74 Å². The Morgan fingerprint density at radius 2 is 1.76 bits per heavy atom. The zero-order chi connectivity index (χ0) is 22.8. The van der Waals surface area contributed by atoms with Crippen LogP contribution < -0.4 is 0 Å². The predicted molar refractivity (Wildman–Crippen MR) is 126 cm³/mol. The van der Waals surface area contributed by atoms with Gasteiger partial charge in [0.15, 0.2) is 0 Å². The summed E-state index contributed by atoms with van der Waals surface area (Å²) in [6.45, 7) is 28.8. The number of ether oxygens (including phenoxy) is 1. The van der Waals surface area contributed by atoms with E-state index in [0.717, 1.165) is 28.8 Å². The van der Waals surface area contributed by atoms with Gasteiger partial charge < -0.3 is 9.64 Å². The maximum absolute atomic E-state index is 8.94. The van der Waals surface area contributed by atoms with Gasteiger partial charge in [0.2, 0.25) is 0 Å². The van der Waals surface area contributed by atoms with E-state index in [1.165, 1.54) is 24.0 Å². The Kier molecular flexibility index (Phi) is 11.4. The molecule has 0 unspecified atom stereocenters. The minimum atomic E-state index is -0.0414. The Morgan fingerprint density at radius 3 is 2.17 bits per heavy atom. The van der Waals surface area contributed by atoms with Crippen molar-refractivity contribution in [3.05, 3.63) is 59.1 Å². The van der Waals surface area contributed by atoms with Crippen LogP contribution in [0.2, 0.25) is 0 Å². The minimum absolute atomic E-state index is 0.0414. The van der Waals surface area contributed by atoms with Crippen LogP contribution in [0, 0.1) is 16.7 Å². The summed E-state index contributed by atoms with van der Waals surface area (Å²) in [5.74, 6) is 0.640. The molecule has 0 saturated heterocycles. The van der Waals surface area contributed by atoms with Crippen LogP contribution >= 0.6 is 0 Å². The molecule has 162 valence electrons. The zero-order valence-corrected chi connectivity index (χ0v) is 20.2. The fourth-order valence-corrected chi connectivity index (χ4v) is 3.83. The Balaban J connectivity index is 0.00000178. The summed E-state index contributed by atoms with van der Waals surface area (Å²) in [6.07, 6.45) is 3.93. The van der Waals surface area contributed by atoms with Crippen LogP contribution in [-0.2, 0) is 4.74 Å². The number of nitrogens with zero attached hydrogens (tertiary/aromatic N) is 2. The van der Waals surface area contributed by atoms with E-state index in [0.29, 0.717) is 25.3 Å². The molecular weight excluding hydrogens is 356 g/mol. The molecular formula is C26H42N2O. The van der Waals surface area contributed by atoms with Crippen LogP contribution in [0.3, 0.4) is 0 Å². The summed E-state index contributed by atoms with van der Waals surface area (Å²) in [4.78, 5) is 2.07. The van der Waals surface area contributed by atoms with Crippen molar-refractivity contribution >= 4 is 0 Å². The number of allylic oxidation sites excluding steroid dienone is 5. The summed E-state index contributed by atoms with van der Waals surface area (Å²) in [7, 11) is 1.98. The van der Waals surface area contributed by atoms with Crippen molar-refractivity contribution in [3.63, 3.8) is 0 Å². The topological polar surface area (TPSA) is 36.3 Å². The first kappa shape index (κ1) is 26.8. The molecule has 3 heteroatoms. The van der Waals surface area contributed by atoms with E-state index >= 15 is 0 Å². The van der Waals surface area contributed by atoms with Crippen LogP contribution in [0.25, 0.3) is 0 Å². The average Bonchev–Trinajstić information content (AvgIpc) is 2.63. The highest BCUT2D eigenvalue weighted by Gasteiger charge is 2.35. The van der Waals surface area contributed by atoms with E-state index in [9.17, 15) is 0 Å². The lowest BCUT2D eigenvalue weighted by Crippen LogP contribution is -2.29. The molecule has 0 aromatic heterocycles. The van der Waals surface area contributed by atoms with Crippen LogP contribution in [0.5, 0.6) is 0 Å². The second-order valence-electron chi connectivity index (χ2n) is 8.33. The second-order valence-corrected chi connectivity index (χ2v) is 8.33. The first-order valence-electron chi connectivity index (χ1n) is 10.7. The maximum atomic E-state index is 8.94. The lowest BCUT2D eigenvalue weighted by Gasteiger charge is -2.40. The number of unbranched alkanes of at least 4 members (excludes halogenated alkanes) is 1. The minimum Gasteiger partial charge on any atom is -0.492 e. The third-order valence-electron chi connectivity index (χ3n) is 5.22. The fourth-order valence-electron chi connectivity index (χ4n) is 3.83. The molecule has 0 aromatic rings. The first-order chi connectivity index (χ1) is 13.5. The largest absolute Gasteiger partial charge is 0.492 e. The summed E-state index contributed by atoms with van der Waals surface area (Å²) in [5, 5.41) is 8.94. The van der Waals surface area contributed by atoms with Crippen molar-refractivity contribution in [2.45, 2.75) is 74.1 Å². The van der Waals surface area contributed by atoms with Crippen LogP contribution in [0.4, 0.5) is 0 Å². The van der Waals surface area contributed by atoms with E-state index in [4.69, 9.17) is 10.00 Å². The van der Waals surface area contributed by atoms with Gasteiger partial charge in [0.1, 0.15) is 5.76 Å². The molecule has 29 heavy (non-hydrogen) atoms. The molecule has 0 aromatic carbocycles. The van der Waals surface area contributed by atoms with Gasteiger partial charge in [-0.2, -0.15) is 5.26 Å². The highest BCUT2D eigenvalue weighted by molar-refractivity contribution is 5.59. The second kappa shape index (κ2) is 12.4. The number of likely N-dealkylation sites (N-methyl/N-ethyl adjacent to an activating group) is 1. The Bertz CT molecular complexity index is 711. The van der Waals surface area contributed by atoms with Gasteiger partial charge in [-0.15, -0.1) is 0 Å². The quantitative estimate of drug-likeness (QED) is 0.402. The van der Waals surface area contributed by atoms with Crippen LogP contribution in [-0.4, -0.2) is 25.1 Å². The third kappa shape index (κ3) is 7.28. The van der Waals surface area contributed by atoms with E-state index in [1.807, 2.05) is 14.0 Å². The van der Waals surface area contributed by atoms with Crippen molar-refractivity contribution in [1.29, 1.82) is 5.26 Å². The van der Waals surface area contributed by atoms with Gasteiger partial charge in [-0.05, 0) is 54.9 Å². The van der Waals surface area contributed by atoms with Gasteiger partial charge in [-0.25, -0.2) is 0 Å². The molecule has 0 saturated carbocycles. The molecule has 3 nitrogen and oxygen atoms in total. The maximum Gasteiger partial charge on any atom is 0.135 e. The standard InChI is InChI=1S/C22H32N2O.C4H10/c1-10-25-18(6)21(24(9)13-11-12-23)19-14-22(7,8)20(15(2)3)17(5)16(19)4;1-3-4-2/h2,4,6,10-11,13-14H2,1,3,5,7-9H3;3-4H2,1-2H3/b21-19+;. The highest BCUT2D eigenvalue weighted by atomic mass is 16.5. The van der Waals surface area contributed by atoms with Crippen molar-refractivity contribution in [3.8, 4) is 6.07 Å². The monoisotopic (exact) mass is 398 g/mol. The summed E-state index contributed by atoms with van der Waals surface area (Å²) < 4.78 is 5.73. The molecule has 0 fully saturated rings. The molecule has 0 bridgehead atoms. The van der Waals surface area contributed by atoms with Gasteiger partial charge in [0.05, 0.1) is 24.8 Å². The third-order valence-corrected chi connectivity index (χ3v) is 5.22. The molecule has 0 spiro atoms. The summed E-state index contributed by atoms with van der Waals surface area (Å²) in [6, 6.07) is 2.21. The Labute approximate surface area is 180 Å². The molecule has 0 N–H and O–H groups in total. The lowest BCUT2D eigenvalue weighted by molar-refractivity contribution is 0.218. The van der Waals surface area contributed by atoms with Gasteiger partial charge in [-0.3, -0.25) is 0 Å². The van der Waals surface area contributed by atoms with E-state index in [1.54, 1.807) is 0 Å². The van der Waals surface area contributed by atoms with Gasteiger partial charge in [-0.1, -0.05) is 65.8 Å². The van der Waals surface area contributed by atoms with Gasteiger partial charge in [0.25, 0.3) is 0 Å². The Hall–Kier alpha value is -2.21. The molecule has 0 heterocycles. The molecule has 0 atom stereocenters. The van der Waals surface area contributed by atoms with Crippen LogP contribution in [0.1, 0.15) is 74.1 Å². The molecule has 0 amide bonds. The molecule has 1 aliphatic rings. The van der Waals surface area contributed by atoms with E-state index in [2.05, 4.69) is 72.2 Å². The Morgan fingerprint density at radius 1 is 1.21 bits per heavy atom. The lowest BCUT2D eigenvalue weighted by atomic mass is 9.66. The smallest absolute Gasteiger partial charge is 0.135 e. The average molecular weight is 399 g/mol. The molecule has 0 radical (unpaired) electrons. The summed E-state index contributed by atoms with van der Waals surface area (Å²) in [5.41, 5.74) is 6.61. The van der Waals surface area contributed by atoms with Crippen molar-refractivity contribution in [2.24, 2.45) is 5.41 Å². The van der Waals surface area contributed by atoms with Crippen LogP contribution in [0.15, 0.2) is 59.1 Å². The zero-order valence-electron chi connectivity index (χ0n) is 20.2. The van der Waals surface area contributed by atoms with Gasteiger partial charge in [0, 0.05) is 13.6 Å². The van der Waals surface area contributed by atoms with Gasteiger partial charge >= 0.3 is 0 Å². The first-order valence-corrected chi connectivity index (χ1v) is 10.7. The summed E-state index contributed by atoms with van der Waals surface area (Å²) >= 11 is 0. The number of hydrogen-bond acceptors (Lipinski definition) is 3. The molecule has 0 aliphatic heterocycles.